The third kappa shape index (κ3) is 7.01. The summed E-state index contributed by atoms with van der Waals surface area (Å²) in [5, 5.41) is 9.88. The second kappa shape index (κ2) is 12.4. The molecule has 2 aromatic heterocycles. The maximum Gasteiger partial charge on any atom is 0.333 e. The van der Waals surface area contributed by atoms with Crippen molar-refractivity contribution >= 4 is 23.1 Å². The third-order valence-electron chi connectivity index (χ3n) is 6.17. The molecule has 0 aliphatic carbocycles. The van der Waals surface area contributed by atoms with Gasteiger partial charge >= 0.3 is 5.92 Å². The van der Waals surface area contributed by atoms with Gasteiger partial charge in [0.15, 0.2) is 5.82 Å². The van der Waals surface area contributed by atoms with Crippen LogP contribution in [-0.4, -0.2) is 77.7 Å². The topological polar surface area (TPSA) is 96.2 Å². The van der Waals surface area contributed by atoms with Gasteiger partial charge in [0, 0.05) is 38.4 Å². The van der Waals surface area contributed by atoms with Crippen LogP contribution in [0.1, 0.15) is 42.0 Å². The molecule has 12 heteroatoms. The van der Waals surface area contributed by atoms with E-state index in [4.69, 9.17) is 4.74 Å². The zero-order valence-electron chi connectivity index (χ0n) is 22.2. The third-order valence-corrected chi connectivity index (χ3v) is 6.17. The van der Waals surface area contributed by atoms with E-state index in [0.717, 1.165) is 55.9 Å². The molecule has 2 N–H and O–H groups in total. The van der Waals surface area contributed by atoms with Crippen LogP contribution in [0.25, 0.3) is 5.52 Å². The Kier molecular flexibility index (Phi) is 8.97. The summed E-state index contributed by atoms with van der Waals surface area (Å²) in [6.45, 7) is 8.20. The fourth-order valence-corrected chi connectivity index (χ4v) is 4.12. The van der Waals surface area contributed by atoms with Crippen LogP contribution in [0, 0.1) is 5.82 Å². The molecular formula is C27H32F3N7O2. The number of carbonyl (C=O) groups excluding carboxylic acids is 1. The second-order valence-corrected chi connectivity index (χ2v) is 9.44. The van der Waals surface area contributed by atoms with Crippen molar-refractivity contribution in [2.45, 2.75) is 26.2 Å². The Bertz CT molecular complexity index is 1360. The van der Waals surface area contributed by atoms with Gasteiger partial charge in [-0.05, 0) is 63.2 Å². The first kappa shape index (κ1) is 28.2. The molecule has 1 aliphatic heterocycles. The molecule has 9 nitrogen and oxygen atoms in total. The Labute approximate surface area is 224 Å². The van der Waals surface area contributed by atoms with Crippen LogP contribution in [0.2, 0.25) is 0 Å². The number of aromatic nitrogens is 3. The van der Waals surface area contributed by atoms with Crippen LogP contribution < -0.4 is 10.6 Å². The number of amidine groups is 1. The lowest BCUT2D eigenvalue weighted by Crippen LogP contribution is -2.38. The summed E-state index contributed by atoms with van der Waals surface area (Å²) >= 11 is 0. The van der Waals surface area contributed by atoms with Gasteiger partial charge in [-0.15, -0.1) is 5.10 Å². The molecular weight excluding hydrogens is 511 g/mol. The minimum Gasteiger partial charge on any atom is -0.379 e. The van der Waals surface area contributed by atoms with Gasteiger partial charge in [-0.1, -0.05) is 5.57 Å². The highest BCUT2D eigenvalue weighted by atomic mass is 19.3. The Morgan fingerprint density at radius 1 is 1.21 bits per heavy atom. The molecule has 1 aliphatic rings. The van der Waals surface area contributed by atoms with Crippen molar-refractivity contribution in [3.05, 3.63) is 70.9 Å². The number of aliphatic imine (C=N–C) groups is 1. The Hall–Kier alpha value is -3.77. The van der Waals surface area contributed by atoms with Gasteiger partial charge in [-0.3, -0.25) is 14.7 Å². The van der Waals surface area contributed by atoms with E-state index < -0.39 is 23.1 Å². The Morgan fingerprint density at radius 3 is 2.59 bits per heavy atom. The van der Waals surface area contributed by atoms with Crippen molar-refractivity contribution in [2.75, 3.05) is 51.8 Å². The summed E-state index contributed by atoms with van der Waals surface area (Å²) < 4.78 is 50.8. The smallest absolute Gasteiger partial charge is 0.333 e. The lowest BCUT2D eigenvalue weighted by Gasteiger charge is -2.26. The number of hydrogen-bond acceptors (Lipinski definition) is 6. The first-order chi connectivity index (χ1) is 18.7. The van der Waals surface area contributed by atoms with Gasteiger partial charge in [0.1, 0.15) is 17.2 Å². The van der Waals surface area contributed by atoms with Crippen LogP contribution in [0.5, 0.6) is 0 Å². The van der Waals surface area contributed by atoms with Gasteiger partial charge in [0.25, 0.3) is 5.91 Å². The molecule has 0 spiro atoms. The van der Waals surface area contributed by atoms with Crippen molar-refractivity contribution < 1.29 is 22.7 Å². The van der Waals surface area contributed by atoms with Gasteiger partial charge < -0.3 is 15.4 Å². The standard InChI is InChI=1S/C27H32F3N7O2/c1-18(2)15-23(31-3)33-24-22-16-19(25(38)32-9-4-10-36-11-13-39-14-12-36)17-37(22)35-26(34-24)27(29,30)20-5-7-21(28)8-6-20/h5-8,15-17H,4,9-14H2,1-3H3,(H,32,38)(H,31,33,34,35). The fraction of sp³-hybridized carbons (Fsp3) is 0.407. The number of amides is 1. The molecule has 1 aromatic carbocycles. The summed E-state index contributed by atoms with van der Waals surface area (Å²) in [6.07, 6.45) is 3.88. The van der Waals surface area contributed by atoms with E-state index in [-0.39, 0.29) is 17.3 Å². The van der Waals surface area contributed by atoms with Crippen molar-refractivity contribution in [1.82, 2.24) is 24.8 Å². The van der Waals surface area contributed by atoms with Crippen LogP contribution >= 0.6 is 0 Å². The highest BCUT2D eigenvalue weighted by Gasteiger charge is 2.39. The summed E-state index contributed by atoms with van der Waals surface area (Å²) in [7, 11) is 1.56. The number of allylic oxidation sites excluding steroid dienone is 1. The first-order valence-corrected chi connectivity index (χ1v) is 12.7. The number of rotatable bonds is 9. The lowest BCUT2D eigenvalue weighted by atomic mass is 10.1. The van der Waals surface area contributed by atoms with Crippen LogP contribution in [0.15, 0.2) is 53.2 Å². The SMILES string of the molecule is CN=C(C=C(C)C)Nc1nc(C(F)(F)c2ccc(F)cc2)nn2cc(C(=O)NCCCN3CCOCC3)cc12. The summed E-state index contributed by atoms with van der Waals surface area (Å²) in [5.74, 6) is -5.00. The normalized spacial score (nSPS) is 14.9. The van der Waals surface area contributed by atoms with Gasteiger partial charge in [-0.25, -0.2) is 13.9 Å². The number of anilines is 1. The summed E-state index contributed by atoms with van der Waals surface area (Å²) in [6, 6.07) is 5.42. The first-order valence-electron chi connectivity index (χ1n) is 12.7. The van der Waals surface area contributed by atoms with Gasteiger partial charge in [0.2, 0.25) is 5.82 Å². The molecule has 0 atom stereocenters. The number of hydrogen-bond donors (Lipinski definition) is 2. The number of nitrogens with one attached hydrogen (secondary N) is 2. The zero-order chi connectivity index (χ0) is 28.0. The highest BCUT2D eigenvalue weighted by Crippen LogP contribution is 2.34. The van der Waals surface area contributed by atoms with Crippen molar-refractivity contribution in [1.29, 1.82) is 0 Å². The maximum absolute atomic E-state index is 15.5. The monoisotopic (exact) mass is 543 g/mol. The van der Waals surface area contributed by atoms with Crippen LogP contribution in [0.4, 0.5) is 19.0 Å². The molecule has 208 valence electrons. The zero-order valence-corrected chi connectivity index (χ0v) is 22.2. The molecule has 1 saturated heterocycles. The number of morpholine rings is 1. The van der Waals surface area contributed by atoms with Crippen molar-refractivity contribution in [3.8, 4) is 0 Å². The largest absolute Gasteiger partial charge is 0.379 e. The average Bonchev–Trinajstić information content (AvgIpc) is 3.36. The van der Waals surface area contributed by atoms with E-state index in [2.05, 4.69) is 30.6 Å². The summed E-state index contributed by atoms with van der Waals surface area (Å²) in [4.78, 5) is 23.4. The van der Waals surface area contributed by atoms with Gasteiger partial charge in [0.05, 0.1) is 18.8 Å². The minimum atomic E-state index is -3.63. The fourth-order valence-electron chi connectivity index (χ4n) is 4.12. The quantitative estimate of drug-likeness (QED) is 0.242. The molecule has 1 fully saturated rings. The number of ether oxygens (including phenoxy) is 1. The molecule has 3 aromatic rings. The minimum absolute atomic E-state index is 0.0475. The van der Waals surface area contributed by atoms with E-state index >= 15 is 8.78 Å². The number of halogens is 3. The molecule has 4 rings (SSSR count). The summed E-state index contributed by atoms with van der Waals surface area (Å²) in [5.41, 5.74) is 1.03. The van der Waals surface area contributed by atoms with E-state index in [1.807, 2.05) is 13.8 Å². The lowest BCUT2D eigenvalue weighted by molar-refractivity contribution is 0.0315. The van der Waals surface area contributed by atoms with E-state index in [9.17, 15) is 9.18 Å². The number of carbonyl (C=O) groups is 1. The van der Waals surface area contributed by atoms with Crippen molar-refractivity contribution in [3.63, 3.8) is 0 Å². The predicted molar refractivity (Wildman–Crippen MR) is 143 cm³/mol. The highest BCUT2D eigenvalue weighted by molar-refractivity contribution is 6.06. The van der Waals surface area contributed by atoms with Gasteiger partial charge in [-0.2, -0.15) is 8.78 Å². The Balaban J connectivity index is 1.62. The second-order valence-electron chi connectivity index (χ2n) is 9.44. The molecule has 1 amide bonds. The molecule has 0 radical (unpaired) electrons. The molecule has 39 heavy (non-hydrogen) atoms. The van der Waals surface area contributed by atoms with Crippen molar-refractivity contribution in [2.24, 2.45) is 4.99 Å². The van der Waals surface area contributed by atoms with E-state index in [0.29, 0.717) is 31.1 Å². The molecule has 0 saturated carbocycles. The predicted octanol–water partition coefficient (Wildman–Crippen LogP) is 3.87. The molecule has 3 heterocycles. The number of benzene rings is 1. The van der Waals surface area contributed by atoms with Crippen LogP contribution in [-0.2, 0) is 10.7 Å². The molecule has 0 unspecified atom stereocenters. The maximum atomic E-state index is 15.5. The van der Waals surface area contributed by atoms with E-state index in [1.54, 1.807) is 13.1 Å². The van der Waals surface area contributed by atoms with Crippen LogP contribution in [0.3, 0.4) is 0 Å². The average molecular weight is 544 g/mol. The number of fused-ring (bicyclic) bond motifs is 1. The van der Waals surface area contributed by atoms with E-state index in [1.165, 1.54) is 16.8 Å². The number of alkyl halides is 2. The number of nitrogens with zero attached hydrogens (tertiary/aromatic N) is 5. The molecule has 0 bridgehead atoms. The Morgan fingerprint density at radius 2 is 1.92 bits per heavy atom.